The van der Waals surface area contributed by atoms with Gasteiger partial charge in [0.2, 0.25) is 5.76 Å². The molecule has 39 heavy (non-hydrogen) atoms. The number of anilines is 2. The predicted octanol–water partition coefficient (Wildman–Crippen LogP) is 5.30. The smallest absolute Gasteiger partial charge is 0.297 e. The first-order chi connectivity index (χ1) is 18.8. The summed E-state index contributed by atoms with van der Waals surface area (Å²) in [5.41, 5.74) is 1.91. The van der Waals surface area contributed by atoms with Crippen LogP contribution in [0.4, 0.5) is 10.8 Å². The number of nitrogens with zero attached hydrogens (tertiary/aromatic N) is 3. The summed E-state index contributed by atoms with van der Waals surface area (Å²) in [6.45, 7) is 6.07. The maximum atomic E-state index is 14.5. The SMILES string of the molecule is CCN1C(=O)C2(c3ccccc31)c1c(oc3cc(C)c(C)cc3c1=O)C(=O)N2c1nc2ccc(OC)cc2s1. The molecular weight excluding hydrogens is 514 g/mol. The van der Waals surface area contributed by atoms with Gasteiger partial charge in [-0.2, -0.15) is 0 Å². The van der Waals surface area contributed by atoms with Crippen LogP contribution in [0.1, 0.15) is 39.7 Å². The first kappa shape index (κ1) is 23.6. The van der Waals surface area contributed by atoms with Gasteiger partial charge in [-0.25, -0.2) is 4.98 Å². The van der Waals surface area contributed by atoms with Gasteiger partial charge < -0.3 is 14.1 Å². The first-order valence-electron chi connectivity index (χ1n) is 12.6. The highest BCUT2D eigenvalue weighted by atomic mass is 32.1. The Kier molecular flexibility index (Phi) is 4.84. The van der Waals surface area contributed by atoms with Crippen LogP contribution in [0.3, 0.4) is 0 Å². The molecular formula is C30H23N3O5S. The van der Waals surface area contributed by atoms with Crippen molar-refractivity contribution in [2.75, 3.05) is 23.5 Å². The number of carbonyl (C=O) groups excluding carboxylic acids is 2. The highest BCUT2D eigenvalue weighted by Crippen LogP contribution is 2.54. The van der Waals surface area contributed by atoms with Gasteiger partial charge >= 0.3 is 0 Å². The van der Waals surface area contributed by atoms with E-state index in [0.717, 1.165) is 15.8 Å². The van der Waals surface area contributed by atoms with Crippen LogP contribution in [-0.4, -0.2) is 30.5 Å². The zero-order chi connectivity index (χ0) is 27.2. The molecule has 194 valence electrons. The number of aromatic nitrogens is 1. The normalized spacial score (nSPS) is 18.1. The molecule has 0 saturated carbocycles. The number of likely N-dealkylation sites (N-methyl/N-ethyl adjacent to an activating group) is 1. The Hall–Kier alpha value is -4.50. The molecule has 2 aliphatic rings. The summed E-state index contributed by atoms with van der Waals surface area (Å²) in [6.07, 6.45) is 0. The van der Waals surface area contributed by atoms with E-state index in [4.69, 9.17) is 14.1 Å². The van der Waals surface area contributed by atoms with Crippen LogP contribution in [0.5, 0.6) is 5.75 Å². The van der Waals surface area contributed by atoms with Gasteiger partial charge in [-0.1, -0.05) is 29.5 Å². The number of ether oxygens (including phenoxy) is 1. The molecule has 1 spiro atoms. The number of para-hydroxylation sites is 1. The van der Waals surface area contributed by atoms with Gasteiger partial charge in [-0.05, 0) is 68.3 Å². The molecule has 2 aromatic heterocycles. The minimum atomic E-state index is -1.75. The number of amides is 2. The standard InChI is InChI=1S/C30H23N3O5S/c1-5-32-21-9-7-6-8-19(21)30(28(32)36)24-25(34)18-12-15(2)16(3)13-22(18)38-26(24)27(35)33(30)29-31-20-11-10-17(37-4)14-23(20)39-29/h6-14H,5H2,1-4H3. The molecule has 0 bridgehead atoms. The zero-order valence-corrected chi connectivity index (χ0v) is 22.5. The number of fused-ring (bicyclic) bond motifs is 6. The van der Waals surface area contributed by atoms with E-state index in [1.54, 1.807) is 42.3 Å². The van der Waals surface area contributed by atoms with E-state index in [1.165, 1.54) is 16.2 Å². The van der Waals surface area contributed by atoms with Crippen LogP contribution in [0, 0.1) is 13.8 Å². The van der Waals surface area contributed by atoms with Crippen LogP contribution < -0.4 is 20.0 Å². The Morgan fingerprint density at radius 1 is 1.03 bits per heavy atom. The summed E-state index contributed by atoms with van der Waals surface area (Å²) in [6, 6.07) is 16.3. The number of thiazole rings is 1. The summed E-state index contributed by atoms with van der Waals surface area (Å²) in [5.74, 6) is -0.439. The summed E-state index contributed by atoms with van der Waals surface area (Å²) in [5, 5.41) is 0.631. The monoisotopic (exact) mass is 537 g/mol. The molecule has 2 aliphatic heterocycles. The van der Waals surface area contributed by atoms with Crippen molar-refractivity contribution in [1.82, 2.24) is 4.98 Å². The highest BCUT2D eigenvalue weighted by Gasteiger charge is 2.66. The fraction of sp³-hybridized carbons (Fsp3) is 0.200. The number of methoxy groups -OCH3 is 1. The van der Waals surface area contributed by atoms with Gasteiger partial charge in [0.25, 0.3) is 11.8 Å². The fourth-order valence-electron chi connectivity index (χ4n) is 5.85. The second-order valence-corrected chi connectivity index (χ2v) is 10.8. The van der Waals surface area contributed by atoms with E-state index in [-0.39, 0.29) is 17.2 Å². The van der Waals surface area contributed by atoms with E-state index in [1.807, 2.05) is 45.0 Å². The maximum absolute atomic E-state index is 14.5. The molecule has 0 radical (unpaired) electrons. The van der Waals surface area contributed by atoms with Crippen LogP contribution in [0.15, 0.2) is 63.8 Å². The van der Waals surface area contributed by atoms with E-state index in [9.17, 15) is 14.4 Å². The average Bonchev–Trinajstić information content (AvgIpc) is 3.54. The number of hydrogen-bond donors (Lipinski definition) is 0. The van der Waals surface area contributed by atoms with Crippen LogP contribution in [0.2, 0.25) is 0 Å². The van der Waals surface area contributed by atoms with Crippen molar-refractivity contribution < 1.29 is 18.7 Å². The van der Waals surface area contributed by atoms with Gasteiger partial charge in [0.1, 0.15) is 11.3 Å². The number of hydrogen-bond acceptors (Lipinski definition) is 7. The molecule has 2 amide bonds. The number of benzene rings is 3. The summed E-state index contributed by atoms with van der Waals surface area (Å²) >= 11 is 1.26. The molecule has 0 fully saturated rings. The molecule has 1 unspecified atom stereocenters. The summed E-state index contributed by atoms with van der Waals surface area (Å²) < 4.78 is 12.4. The second-order valence-electron chi connectivity index (χ2n) is 9.82. The van der Waals surface area contributed by atoms with Crippen molar-refractivity contribution >= 4 is 55.2 Å². The molecule has 9 heteroatoms. The molecule has 4 heterocycles. The summed E-state index contributed by atoms with van der Waals surface area (Å²) in [7, 11) is 1.58. The van der Waals surface area contributed by atoms with Crippen LogP contribution in [0.25, 0.3) is 21.2 Å². The average molecular weight is 538 g/mol. The zero-order valence-electron chi connectivity index (χ0n) is 21.7. The maximum Gasteiger partial charge on any atom is 0.297 e. The fourth-order valence-corrected chi connectivity index (χ4v) is 6.89. The van der Waals surface area contributed by atoms with Gasteiger partial charge in [-0.15, -0.1) is 0 Å². The van der Waals surface area contributed by atoms with Crippen molar-refractivity contribution in [2.45, 2.75) is 26.3 Å². The van der Waals surface area contributed by atoms with Gasteiger partial charge in [-0.3, -0.25) is 19.3 Å². The molecule has 5 aromatic rings. The van der Waals surface area contributed by atoms with E-state index in [2.05, 4.69) is 0 Å². The predicted molar refractivity (Wildman–Crippen MR) is 150 cm³/mol. The highest BCUT2D eigenvalue weighted by molar-refractivity contribution is 7.22. The van der Waals surface area contributed by atoms with E-state index >= 15 is 0 Å². The van der Waals surface area contributed by atoms with Crippen molar-refractivity contribution in [2.24, 2.45) is 0 Å². The van der Waals surface area contributed by atoms with E-state index in [0.29, 0.717) is 45.2 Å². The Bertz CT molecular complexity index is 1960. The molecule has 0 N–H and O–H groups in total. The molecule has 0 saturated heterocycles. The quantitative estimate of drug-likeness (QED) is 0.310. The van der Waals surface area contributed by atoms with Gasteiger partial charge in [0.05, 0.1) is 34.0 Å². The third-order valence-electron chi connectivity index (χ3n) is 7.83. The molecule has 0 aliphatic carbocycles. The minimum absolute atomic E-state index is 0.0356. The Labute approximate surface area is 227 Å². The lowest BCUT2D eigenvalue weighted by Gasteiger charge is -2.32. The summed E-state index contributed by atoms with van der Waals surface area (Å²) in [4.78, 5) is 50.9. The lowest BCUT2D eigenvalue weighted by Crippen LogP contribution is -2.53. The Morgan fingerprint density at radius 3 is 2.56 bits per heavy atom. The van der Waals surface area contributed by atoms with Crippen LogP contribution in [-0.2, 0) is 10.3 Å². The van der Waals surface area contributed by atoms with Gasteiger partial charge in [0, 0.05) is 12.1 Å². The number of carbonyl (C=O) groups is 2. The minimum Gasteiger partial charge on any atom is -0.497 e. The second kappa shape index (κ2) is 8.00. The Morgan fingerprint density at radius 2 is 1.79 bits per heavy atom. The molecule has 7 rings (SSSR count). The van der Waals surface area contributed by atoms with E-state index < -0.39 is 16.9 Å². The molecule has 3 aromatic carbocycles. The number of rotatable bonds is 3. The largest absolute Gasteiger partial charge is 0.497 e. The van der Waals surface area contributed by atoms with Crippen LogP contribution >= 0.6 is 11.3 Å². The first-order valence-corrected chi connectivity index (χ1v) is 13.4. The third-order valence-corrected chi connectivity index (χ3v) is 8.84. The van der Waals surface area contributed by atoms with Crippen molar-refractivity contribution in [3.05, 3.63) is 92.8 Å². The van der Waals surface area contributed by atoms with Crippen molar-refractivity contribution in [3.8, 4) is 5.75 Å². The van der Waals surface area contributed by atoms with Crippen molar-refractivity contribution in [3.63, 3.8) is 0 Å². The molecule has 8 nitrogen and oxygen atoms in total. The third kappa shape index (κ3) is 2.88. The topological polar surface area (TPSA) is 93.0 Å². The lowest BCUT2D eigenvalue weighted by atomic mass is 9.84. The Balaban J connectivity index is 1.62. The van der Waals surface area contributed by atoms with Gasteiger partial charge in [0.15, 0.2) is 16.1 Å². The lowest BCUT2D eigenvalue weighted by molar-refractivity contribution is -0.121. The van der Waals surface area contributed by atoms with Crippen molar-refractivity contribution in [1.29, 1.82) is 0 Å². The molecule has 1 atom stereocenters. The number of aryl methyl sites for hydroxylation is 2.